The third-order valence-electron chi connectivity index (χ3n) is 2.84. The van der Waals surface area contributed by atoms with Crippen LogP contribution in [0.5, 0.6) is 0 Å². The summed E-state index contributed by atoms with van der Waals surface area (Å²) < 4.78 is 5.97. The zero-order valence-electron chi connectivity index (χ0n) is 10.3. The lowest BCUT2D eigenvalue weighted by atomic mass is 10.1. The van der Waals surface area contributed by atoms with Crippen LogP contribution < -0.4 is 0 Å². The summed E-state index contributed by atoms with van der Waals surface area (Å²) in [6.45, 7) is 0.622. The van der Waals surface area contributed by atoms with Crippen molar-refractivity contribution in [1.29, 1.82) is 0 Å². The first-order valence-corrected chi connectivity index (χ1v) is 6.70. The zero-order valence-corrected chi connectivity index (χ0v) is 11.0. The van der Waals surface area contributed by atoms with Gasteiger partial charge in [0, 0.05) is 5.88 Å². The molecule has 0 aliphatic carbocycles. The average Bonchev–Trinajstić information content (AvgIpc) is 2.45. The number of hydrogen-bond donors (Lipinski definition) is 0. The van der Waals surface area contributed by atoms with Gasteiger partial charge in [0.25, 0.3) is 0 Å². The van der Waals surface area contributed by atoms with E-state index >= 15 is 0 Å². The van der Waals surface area contributed by atoms with Crippen molar-refractivity contribution in [3.63, 3.8) is 0 Å². The van der Waals surface area contributed by atoms with E-state index in [0.717, 1.165) is 6.42 Å². The summed E-state index contributed by atoms with van der Waals surface area (Å²) in [4.78, 5) is 0. The van der Waals surface area contributed by atoms with Gasteiger partial charge in [0.1, 0.15) is 0 Å². The Labute approximate surface area is 113 Å². The Morgan fingerprint density at radius 2 is 1.50 bits per heavy atom. The van der Waals surface area contributed by atoms with Crippen LogP contribution in [0.2, 0.25) is 0 Å². The van der Waals surface area contributed by atoms with Crippen LogP contribution in [0.15, 0.2) is 60.7 Å². The first-order valence-electron chi connectivity index (χ1n) is 6.16. The average molecular weight is 261 g/mol. The number of benzene rings is 2. The van der Waals surface area contributed by atoms with Gasteiger partial charge in [0.15, 0.2) is 0 Å². The normalized spacial score (nSPS) is 12.3. The molecule has 0 bridgehead atoms. The second kappa shape index (κ2) is 7.20. The fourth-order valence-electron chi connectivity index (χ4n) is 1.88. The largest absolute Gasteiger partial charge is 0.369 e. The van der Waals surface area contributed by atoms with E-state index in [1.165, 1.54) is 11.1 Å². The van der Waals surface area contributed by atoms with E-state index in [-0.39, 0.29) is 6.10 Å². The molecule has 1 atom stereocenters. The van der Waals surface area contributed by atoms with Gasteiger partial charge in [-0.2, -0.15) is 0 Å². The summed E-state index contributed by atoms with van der Waals surface area (Å²) in [6.07, 6.45) is 0.905. The Morgan fingerprint density at radius 1 is 0.889 bits per heavy atom. The number of hydrogen-bond acceptors (Lipinski definition) is 1. The molecule has 1 unspecified atom stereocenters. The van der Waals surface area contributed by atoms with Gasteiger partial charge in [-0.25, -0.2) is 0 Å². The van der Waals surface area contributed by atoms with Crippen molar-refractivity contribution in [3.8, 4) is 0 Å². The van der Waals surface area contributed by atoms with Crippen LogP contribution in [0.25, 0.3) is 0 Å². The minimum absolute atomic E-state index is 0.0731. The van der Waals surface area contributed by atoms with Crippen molar-refractivity contribution in [2.45, 2.75) is 19.1 Å². The molecule has 0 amide bonds. The SMILES string of the molecule is ClCCC(OCc1ccccc1)c1ccccc1. The second-order valence-corrected chi connectivity index (χ2v) is 4.55. The minimum atomic E-state index is 0.0731. The van der Waals surface area contributed by atoms with Crippen LogP contribution >= 0.6 is 11.6 Å². The van der Waals surface area contributed by atoms with E-state index in [1.807, 2.05) is 36.4 Å². The van der Waals surface area contributed by atoms with Gasteiger partial charge in [-0.15, -0.1) is 11.6 Å². The van der Waals surface area contributed by atoms with Crippen LogP contribution in [-0.4, -0.2) is 5.88 Å². The van der Waals surface area contributed by atoms with Gasteiger partial charge in [0.2, 0.25) is 0 Å². The third kappa shape index (κ3) is 3.86. The minimum Gasteiger partial charge on any atom is -0.369 e. The Kier molecular flexibility index (Phi) is 5.25. The van der Waals surface area contributed by atoms with Gasteiger partial charge in [-0.1, -0.05) is 60.7 Å². The van der Waals surface area contributed by atoms with Crippen LogP contribution in [0.4, 0.5) is 0 Å². The highest BCUT2D eigenvalue weighted by Gasteiger charge is 2.10. The first-order chi connectivity index (χ1) is 8.90. The fourth-order valence-corrected chi connectivity index (χ4v) is 2.08. The molecule has 0 heterocycles. The Balaban J connectivity index is 1.99. The Morgan fingerprint density at radius 3 is 2.11 bits per heavy atom. The molecule has 0 aliphatic rings. The summed E-state index contributed by atoms with van der Waals surface area (Å²) in [6, 6.07) is 20.5. The lowest BCUT2D eigenvalue weighted by molar-refractivity contribution is 0.0377. The number of rotatable bonds is 6. The van der Waals surface area contributed by atoms with E-state index in [4.69, 9.17) is 16.3 Å². The molecule has 0 spiro atoms. The highest BCUT2D eigenvalue weighted by molar-refractivity contribution is 6.17. The quantitative estimate of drug-likeness (QED) is 0.691. The molecule has 2 rings (SSSR count). The first kappa shape index (κ1) is 13.1. The van der Waals surface area contributed by atoms with E-state index in [9.17, 15) is 0 Å². The van der Waals surface area contributed by atoms with Crippen molar-refractivity contribution in [2.24, 2.45) is 0 Å². The molecule has 0 N–H and O–H groups in total. The Bertz CT molecular complexity index is 441. The highest BCUT2D eigenvalue weighted by Crippen LogP contribution is 2.23. The molecule has 0 saturated carbocycles. The molecule has 0 aliphatic heterocycles. The van der Waals surface area contributed by atoms with Crippen LogP contribution in [-0.2, 0) is 11.3 Å². The molecule has 1 nitrogen and oxygen atoms in total. The summed E-state index contributed by atoms with van der Waals surface area (Å²) >= 11 is 5.85. The second-order valence-electron chi connectivity index (χ2n) is 4.17. The maximum Gasteiger partial charge on any atom is 0.0840 e. The molecule has 2 heteroatoms. The lowest BCUT2D eigenvalue weighted by Crippen LogP contribution is -2.05. The molecule has 18 heavy (non-hydrogen) atoms. The van der Waals surface area contributed by atoms with Crippen molar-refractivity contribution < 1.29 is 4.74 Å². The summed E-state index contributed by atoms with van der Waals surface area (Å²) in [5.41, 5.74) is 2.38. The number of halogens is 1. The van der Waals surface area contributed by atoms with Gasteiger partial charge >= 0.3 is 0 Å². The molecule has 0 fully saturated rings. The summed E-state index contributed by atoms with van der Waals surface area (Å²) in [5.74, 6) is 0.606. The predicted octanol–water partition coefficient (Wildman–Crippen LogP) is 4.57. The van der Waals surface area contributed by atoms with Gasteiger partial charge in [-0.3, -0.25) is 0 Å². The smallest absolute Gasteiger partial charge is 0.0840 e. The van der Waals surface area contributed by atoms with E-state index < -0.39 is 0 Å². The third-order valence-corrected chi connectivity index (χ3v) is 3.05. The van der Waals surface area contributed by atoms with Gasteiger partial charge in [-0.05, 0) is 17.5 Å². The molecular formula is C16H17ClO. The molecule has 2 aromatic rings. The van der Waals surface area contributed by atoms with E-state index in [1.54, 1.807) is 0 Å². The van der Waals surface area contributed by atoms with Crippen LogP contribution in [0, 0.1) is 0 Å². The highest BCUT2D eigenvalue weighted by atomic mass is 35.5. The van der Waals surface area contributed by atoms with E-state index in [2.05, 4.69) is 24.3 Å². The standard InChI is InChI=1S/C16H17ClO/c17-12-11-16(15-9-5-2-6-10-15)18-13-14-7-3-1-4-8-14/h1-10,16H,11-13H2. The fraction of sp³-hybridized carbons (Fsp3) is 0.250. The zero-order chi connectivity index (χ0) is 12.6. The molecular weight excluding hydrogens is 244 g/mol. The maximum atomic E-state index is 5.97. The molecule has 94 valence electrons. The lowest BCUT2D eigenvalue weighted by Gasteiger charge is -2.17. The molecule has 0 aromatic heterocycles. The molecule has 0 radical (unpaired) electrons. The topological polar surface area (TPSA) is 9.23 Å². The summed E-state index contributed by atoms with van der Waals surface area (Å²) in [7, 11) is 0. The monoisotopic (exact) mass is 260 g/mol. The maximum absolute atomic E-state index is 5.97. The van der Waals surface area contributed by atoms with Gasteiger partial charge < -0.3 is 4.74 Å². The van der Waals surface area contributed by atoms with E-state index in [0.29, 0.717) is 12.5 Å². The Hall–Kier alpha value is -1.31. The number of ether oxygens (including phenoxy) is 1. The van der Waals surface area contributed by atoms with Crippen molar-refractivity contribution >= 4 is 11.6 Å². The predicted molar refractivity (Wildman–Crippen MR) is 75.8 cm³/mol. The van der Waals surface area contributed by atoms with Crippen LogP contribution in [0.1, 0.15) is 23.7 Å². The van der Waals surface area contributed by atoms with Crippen LogP contribution in [0.3, 0.4) is 0 Å². The van der Waals surface area contributed by atoms with Crippen molar-refractivity contribution in [2.75, 3.05) is 5.88 Å². The van der Waals surface area contributed by atoms with Crippen molar-refractivity contribution in [1.82, 2.24) is 0 Å². The van der Waals surface area contributed by atoms with Gasteiger partial charge in [0.05, 0.1) is 12.7 Å². The molecule has 0 saturated heterocycles. The molecule has 2 aromatic carbocycles. The number of alkyl halides is 1. The summed E-state index contributed by atoms with van der Waals surface area (Å²) in [5, 5.41) is 0. The van der Waals surface area contributed by atoms with Crippen molar-refractivity contribution in [3.05, 3.63) is 71.8 Å².